The van der Waals surface area contributed by atoms with Gasteiger partial charge >= 0.3 is 5.69 Å². The molecule has 0 bridgehead atoms. The van der Waals surface area contributed by atoms with Gasteiger partial charge in [-0.25, -0.2) is 18.1 Å². The van der Waals surface area contributed by atoms with Crippen molar-refractivity contribution in [3.05, 3.63) is 87.7 Å². The minimum Gasteiger partial charge on any atom is -0.483 e. The lowest BCUT2D eigenvalue weighted by Crippen LogP contribution is -2.47. The highest BCUT2D eigenvalue weighted by atomic mass is 35.5. The van der Waals surface area contributed by atoms with Crippen LogP contribution in [0.3, 0.4) is 0 Å². The van der Waals surface area contributed by atoms with E-state index in [1.54, 1.807) is 41.6 Å². The number of hydrogen-bond donors (Lipinski definition) is 2. The average molecular weight is 872 g/mol. The number of hydrogen-bond acceptors (Lipinski definition) is 11. The Kier molecular flexibility index (Phi) is 11.3. The number of amides is 1. The number of allylic oxidation sites excluding steroid dienone is 1. The Labute approximate surface area is 361 Å². The Bertz CT molecular complexity index is 2470. The third-order valence-corrected chi connectivity index (χ3v) is 15.4. The summed E-state index contributed by atoms with van der Waals surface area (Å²) in [6, 6.07) is 12.2. The molecular formula is C45H54ClN7O7S. The number of alkyl halides is 1. The predicted molar refractivity (Wildman–Crippen MR) is 234 cm³/mol. The minimum atomic E-state index is -4.56. The standard InChI is InChI=1S/C45H54ClN7O7S/c1-45(2)12-8-29(38(25-45)36-24-39(46)37-23-35(36)37)27-51-16-18-52(19-17-51)30-4-6-34(42(21-30)60-32-20-28-9-13-47-43(28)48-26-32)44(54)49-61(57,58)33-5-7-41(40(22-33)53(55)56)59-31-10-14-50(3)15-11-31/h4-7,9,13,20-22,26,31,35-37,39H,8,10-12,14-19,23-25,27H2,1-3H3,(H,47,48)(H,49,54)/t35?,36-,37?,39+/m1/s1. The van der Waals surface area contributed by atoms with Crippen LogP contribution >= 0.6 is 11.6 Å². The Morgan fingerprint density at radius 3 is 2.52 bits per heavy atom. The molecule has 2 aromatic carbocycles. The zero-order valence-corrected chi connectivity index (χ0v) is 36.5. The average Bonchev–Trinajstić information content (AvgIpc) is 3.78. The SMILES string of the molecule is CN1CCC(Oc2ccc(S(=O)(=O)NC(=O)c3ccc(N4CCN(CC5=C([C@@H]6C[C@H](Cl)C7CC76)CC(C)(C)CC5)CC4)cc3Oc3cnc4[nH]ccc4c3)cc2[N+](=O)[O-])CC1. The molecule has 2 aromatic heterocycles. The molecule has 4 fully saturated rings. The number of benzene rings is 2. The van der Waals surface area contributed by atoms with Gasteiger partial charge < -0.3 is 24.3 Å². The normalized spacial score (nSPS) is 24.8. The van der Waals surface area contributed by atoms with Gasteiger partial charge in [-0.3, -0.25) is 19.8 Å². The van der Waals surface area contributed by atoms with Crippen molar-refractivity contribution in [1.29, 1.82) is 0 Å². The molecule has 4 atom stereocenters. The Morgan fingerprint density at radius 2 is 1.80 bits per heavy atom. The number of nitrogens with zero attached hydrogens (tertiary/aromatic N) is 5. The van der Waals surface area contributed by atoms with E-state index >= 15 is 0 Å². The number of fused-ring (bicyclic) bond motifs is 2. The first-order valence-electron chi connectivity index (χ1n) is 21.5. The van der Waals surface area contributed by atoms with E-state index in [1.807, 2.05) is 13.1 Å². The lowest BCUT2D eigenvalue weighted by molar-refractivity contribution is -0.386. The Balaban J connectivity index is 0.927. The van der Waals surface area contributed by atoms with Crippen molar-refractivity contribution in [3.8, 4) is 17.2 Å². The molecule has 2 saturated heterocycles. The van der Waals surface area contributed by atoms with Gasteiger partial charge in [0.2, 0.25) is 0 Å². The number of piperazine rings is 1. The van der Waals surface area contributed by atoms with Gasteiger partial charge in [-0.1, -0.05) is 25.0 Å². The van der Waals surface area contributed by atoms with Crippen molar-refractivity contribution in [2.75, 3.05) is 57.8 Å². The van der Waals surface area contributed by atoms with Crippen LogP contribution in [0, 0.1) is 33.3 Å². The second-order valence-corrected chi connectivity index (χ2v) is 20.7. The van der Waals surface area contributed by atoms with Crippen molar-refractivity contribution >= 4 is 49.9 Å². The van der Waals surface area contributed by atoms with E-state index in [0.29, 0.717) is 46.9 Å². The number of likely N-dealkylation sites (tertiary alicyclic amines) is 1. The number of halogens is 1. The summed E-state index contributed by atoms with van der Waals surface area (Å²) in [7, 11) is -2.57. The number of nitrogens with one attached hydrogen (secondary N) is 2. The molecule has 61 heavy (non-hydrogen) atoms. The van der Waals surface area contributed by atoms with E-state index in [9.17, 15) is 23.3 Å². The van der Waals surface area contributed by atoms with E-state index < -0.39 is 31.4 Å². The van der Waals surface area contributed by atoms with Crippen molar-refractivity contribution < 1.29 is 27.6 Å². The summed E-state index contributed by atoms with van der Waals surface area (Å²) < 4.78 is 41.8. The van der Waals surface area contributed by atoms with Crippen LogP contribution in [0.2, 0.25) is 0 Å². The Morgan fingerprint density at radius 1 is 1.02 bits per heavy atom. The molecule has 1 amide bonds. The summed E-state index contributed by atoms with van der Waals surface area (Å²) >= 11 is 6.78. The van der Waals surface area contributed by atoms with Gasteiger partial charge in [0.1, 0.15) is 23.3 Å². The molecule has 14 nitrogen and oxygen atoms in total. The smallest absolute Gasteiger partial charge is 0.312 e. The predicted octanol–water partition coefficient (Wildman–Crippen LogP) is 7.75. The largest absolute Gasteiger partial charge is 0.483 e. The molecule has 2 saturated carbocycles. The molecule has 0 spiro atoms. The number of rotatable bonds is 12. The maximum atomic E-state index is 13.9. The molecule has 3 aliphatic carbocycles. The number of nitro benzene ring substituents is 1. The van der Waals surface area contributed by atoms with Crippen molar-refractivity contribution in [2.24, 2.45) is 23.2 Å². The van der Waals surface area contributed by atoms with Gasteiger partial charge in [-0.05, 0) is 112 Å². The molecule has 9 rings (SSSR count). The van der Waals surface area contributed by atoms with E-state index in [0.717, 1.165) is 88.1 Å². The third kappa shape index (κ3) is 8.98. The van der Waals surface area contributed by atoms with Crippen molar-refractivity contribution in [2.45, 2.75) is 75.2 Å². The van der Waals surface area contributed by atoms with E-state index in [-0.39, 0.29) is 23.2 Å². The fraction of sp³-hybridized carbons (Fsp3) is 0.511. The quantitative estimate of drug-likeness (QED) is 0.0620. The van der Waals surface area contributed by atoms with E-state index in [4.69, 9.17) is 21.1 Å². The zero-order valence-electron chi connectivity index (χ0n) is 34.9. The molecule has 324 valence electrons. The number of sulfonamides is 1. The lowest BCUT2D eigenvalue weighted by atomic mass is 9.70. The van der Waals surface area contributed by atoms with Crippen LogP contribution in [0.25, 0.3) is 11.0 Å². The van der Waals surface area contributed by atoms with Crippen LogP contribution in [-0.2, 0) is 10.0 Å². The summed E-state index contributed by atoms with van der Waals surface area (Å²) in [6.07, 6.45) is 10.3. The number of piperidine rings is 1. The van der Waals surface area contributed by atoms with Crippen LogP contribution in [0.5, 0.6) is 17.2 Å². The number of H-pyrrole nitrogens is 1. The van der Waals surface area contributed by atoms with Gasteiger partial charge in [-0.2, -0.15) is 0 Å². The highest BCUT2D eigenvalue weighted by Gasteiger charge is 2.55. The summed E-state index contributed by atoms with van der Waals surface area (Å²) in [5.74, 6) is 1.64. The topological polar surface area (TPSA) is 163 Å². The lowest BCUT2D eigenvalue weighted by Gasteiger charge is -2.40. The first-order valence-corrected chi connectivity index (χ1v) is 23.4. The third-order valence-electron chi connectivity index (χ3n) is 13.6. The van der Waals surface area contributed by atoms with E-state index in [1.165, 1.54) is 31.2 Å². The first kappa shape index (κ1) is 41.6. The van der Waals surface area contributed by atoms with Crippen LogP contribution in [-0.4, -0.2) is 103 Å². The zero-order chi connectivity index (χ0) is 42.6. The molecule has 5 aliphatic rings. The fourth-order valence-electron chi connectivity index (χ4n) is 10.0. The van der Waals surface area contributed by atoms with E-state index in [2.05, 4.69) is 43.2 Å². The number of pyridine rings is 1. The second kappa shape index (κ2) is 16.5. The van der Waals surface area contributed by atoms with Crippen molar-refractivity contribution in [3.63, 3.8) is 0 Å². The molecular weight excluding hydrogens is 818 g/mol. The number of ether oxygens (including phenoxy) is 2. The van der Waals surface area contributed by atoms with Crippen LogP contribution in [0.15, 0.2) is 77.0 Å². The van der Waals surface area contributed by atoms with Crippen LogP contribution < -0.4 is 19.1 Å². The molecule has 2 aliphatic heterocycles. The number of aromatic nitrogens is 2. The molecule has 4 aromatic rings. The van der Waals surface area contributed by atoms with Crippen molar-refractivity contribution in [1.82, 2.24) is 24.5 Å². The highest BCUT2D eigenvalue weighted by Crippen LogP contribution is 2.61. The molecule has 0 radical (unpaired) electrons. The van der Waals surface area contributed by atoms with Crippen LogP contribution in [0.1, 0.15) is 69.2 Å². The van der Waals surface area contributed by atoms with Gasteiger partial charge in [0.05, 0.1) is 21.6 Å². The maximum Gasteiger partial charge on any atom is 0.312 e. The summed E-state index contributed by atoms with van der Waals surface area (Å²) in [4.78, 5) is 39.4. The molecule has 16 heteroatoms. The summed E-state index contributed by atoms with van der Waals surface area (Å²) in [5, 5.41) is 13.2. The van der Waals surface area contributed by atoms with Crippen LogP contribution in [0.4, 0.5) is 11.4 Å². The van der Waals surface area contributed by atoms with Gasteiger partial charge in [-0.15, -0.1) is 11.6 Å². The minimum absolute atomic E-state index is 0.0184. The number of anilines is 1. The summed E-state index contributed by atoms with van der Waals surface area (Å²) in [6.45, 7) is 10.6. The van der Waals surface area contributed by atoms with Gasteiger partial charge in [0, 0.05) is 80.6 Å². The number of aromatic amines is 1. The molecule has 4 heterocycles. The number of carbonyl (C=O) groups is 1. The number of carbonyl (C=O) groups excluding carboxylic acids is 1. The fourth-order valence-corrected chi connectivity index (χ4v) is 11.5. The highest BCUT2D eigenvalue weighted by molar-refractivity contribution is 7.90. The monoisotopic (exact) mass is 871 g/mol. The second-order valence-electron chi connectivity index (χ2n) is 18.5. The number of nitro groups is 1. The molecule has 2 unspecified atom stereocenters. The maximum absolute atomic E-state index is 13.9. The summed E-state index contributed by atoms with van der Waals surface area (Å²) in [5.41, 5.74) is 4.60. The van der Waals surface area contributed by atoms with Gasteiger partial charge in [0.25, 0.3) is 15.9 Å². The molecule has 2 N–H and O–H groups in total. The van der Waals surface area contributed by atoms with Gasteiger partial charge in [0.15, 0.2) is 5.75 Å². The first-order chi connectivity index (χ1) is 29.2. The Hall–Kier alpha value is -4.70.